The van der Waals surface area contributed by atoms with Crippen molar-refractivity contribution >= 4 is 29.3 Å². The van der Waals surface area contributed by atoms with Gasteiger partial charge in [0.25, 0.3) is 0 Å². The summed E-state index contributed by atoms with van der Waals surface area (Å²) in [5.41, 5.74) is 0. The number of nitrogens with zero attached hydrogens (tertiary/aromatic N) is 1. The van der Waals surface area contributed by atoms with Crippen LogP contribution in [0.3, 0.4) is 0 Å². The average molecular weight is 342 g/mol. The molecule has 0 unspecified atom stereocenters. The molecule has 1 saturated carbocycles. The maximum Gasteiger partial charge on any atom is 0.191 e. The molecule has 0 bridgehead atoms. The highest BCUT2D eigenvalue weighted by atomic mass is 35.5. The SMILES string of the molecule is CN=C(NCCOCC1CC1)NCCSc1ccc(Cl)cc1. The van der Waals surface area contributed by atoms with Crippen LogP contribution >= 0.6 is 23.4 Å². The molecule has 0 spiro atoms. The minimum Gasteiger partial charge on any atom is -0.379 e. The van der Waals surface area contributed by atoms with Crippen molar-refractivity contribution in [3.05, 3.63) is 29.3 Å². The van der Waals surface area contributed by atoms with E-state index >= 15 is 0 Å². The summed E-state index contributed by atoms with van der Waals surface area (Å²) in [6, 6.07) is 7.91. The van der Waals surface area contributed by atoms with Crippen molar-refractivity contribution in [2.75, 3.05) is 39.1 Å². The van der Waals surface area contributed by atoms with E-state index < -0.39 is 0 Å². The van der Waals surface area contributed by atoms with E-state index in [1.165, 1.54) is 17.7 Å². The Morgan fingerprint density at radius 1 is 1.27 bits per heavy atom. The molecular weight excluding hydrogens is 318 g/mol. The zero-order chi connectivity index (χ0) is 15.6. The average Bonchev–Trinajstić information content (AvgIpc) is 3.35. The Morgan fingerprint density at radius 3 is 2.68 bits per heavy atom. The lowest BCUT2D eigenvalue weighted by atomic mass is 10.4. The van der Waals surface area contributed by atoms with Crippen molar-refractivity contribution in [3.63, 3.8) is 0 Å². The van der Waals surface area contributed by atoms with Gasteiger partial charge in [-0.2, -0.15) is 0 Å². The van der Waals surface area contributed by atoms with Crippen molar-refractivity contribution in [1.29, 1.82) is 0 Å². The molecular formula is C16H24ClN3OS. The van der Waals surface area contributed by atoms with E-state index in [9.17, 15) is 0 Å². The quantitative estimate of drug-likeness (QED) is 0.314. The first kappa shape index (κ1) is 17.4. The topological polar surface area (TPSA) is 45.7 Å². The Kier molecular flexibility index (Phi) is 7.91. The van der Waals surface area contributed by atoms with Crippen LogP contribution in [0.2, 0.25) is 5.02 Å². The van der Waals surface area contributed by atoms with Crippen molar-refractivity contribution in [2.45, 2.75) is 17.7 Å². The molecule has 1 aromatic carbocycles. The van der Waals surface area contributed by atoms with Crippen LogP contribution in [-0.2, 0) is 4.74 Å². The molecule has 2 N–H and O–H groups in total. The fourth-order valence-electron chi connectivity index (χ4n) is 1.87. The first-order valence-electron chi connectivity index (χ1n) is 7.68. The van der Waals surface area contributed by atoms with E-state index in [0.717, 1.165) is 49.0 Å². The van der Waals surface area contributed by atoms with Gasteiger partial charge >= 0.3 is 0 Å². The van der Waals surface area contributed by atoms with E-state index in [4.69, 9.17) is 16.3 Å². The Morgan fingerprint density at radius 2 is 2.00 bits per heavy atom. The highest BCUT2D eigenvalue weighted by Crippen LogP contribution is 2.28. The molecule has 1 aliphatic carbocycles. The highest BCUT2D eigenvalue weighted by molar-refractivity contribution is 7.99. The molecule has 0 atom stereocenters. The third-order valence-electron chi connectivity index (χ3n) is 3.29. The Balaban J connectivity index is 1.50. The van der Waals surface area contributed by atoms with Gasteiger partial charge in [-0.25, -0.2) is 0 Å². The standard InChI is InChI=1S/C16H24ClN3OS/c1-18-16(19-8-10-21-12-13-2-3-13)20-9-11-22-15-6-4-14(17)5-7-15/h4-7,13H,2-3,8-12H2,1H3,(H2,18,19,20). The highest BCUT2D eigenvalue weighted by Gasteiger charge is 2.20. The van der Waals surface area contributed by atoms with Crippen LogP contribution in [0.4, 0.5) is 0 Å². The second-order valence-electron chi connectivity index (χ2n) is 5.25. The van der Waals surface area contributed by atoms with Crippen LogP contribution in [0.1, 0.15) is 12.8 Å². The van der Waals surface area contributed by atoms with Gasteiger partial charge in [-0.05, 0) is 43.0 Å². The molecule has 6 heteroatoms. The first-order chi connectivity index (χ1) is 10.8. The number of thioether (sulfide) groups is 1. The molecule has 1 aliphatic rings. The van der Waals surface area contributed by atoms with Gasteiger partial charge in [0.05, 0.1) is 6.61 Å². The molecule has 22 heavy (non-hydrogen) atoms. The van der Waals surface area contributed by atoms with Crippen LogP contribution in [0.25, 0.3) is 0 Å². The summed E-state index contributed by atoms with van der Waals surface area (Å²) in [6.07, 6.45) is 2.67. The number of ether oxygens (including phenoxy) is 1. The van der Waals surface area contributed by atoms with Crippen LogP contribution in [-0.4, -0.2) is 45.1 Å². The molecule has 0 aromatic heterocycles. The summed E-state index contributed by atoms with van der Waals surface area (Å²) in [5, 5.41) is 7.33. The number of halogens is 1. The Hall–Kier alpha value is -0.910. The molecule has 4 nitrogen and oxygen atoms in total. The normalized spacial score (nSPS) is 14.9. The number of aliphatic imine (C=N–C) groups is 1. The van der Waals surface area contributed by atoms with Gasteiger partial charge in [0, 0.05) is 42.4 Å². The largest absolute Gasteiger partial charge is 0.379 e. The minimum atomic E-state index is 0.733. The zero-order valence-corrected chi connectivity index (χ0v) is 14.6. The van der Waals surface area contributed by atoms with Crippen molar-refractivity contribution in [3.8, 4) is 0 Å². The van der Waals surface area contributed by atoms with E-state index in [-0.39, 0.29) is 0 Å². The molecule has 1 aromatic rings. The summed E-state index contributed by atoms with van der Waals surface area (Å²) < 4.78 is 5.59. The van der Waals surface area contributed by atoms with Gasteiger partial charge in [0.15, 0.2) is 5.96 Å². The van der Waals surface area contributed by atoms with Crippen LogP contribution < -0.4 is 10.6 Å². The third kappa shape index (κ3) is 7.38. The molecule has 0 amide bonds. The van der Waals surface area contributed by atoms with E-state index in [2.05, 4.69) is 15.6 Å². The summed E-state index contributed by atoms with van der Waals surface area (Å²) >= 11 is 7.66. The summed E-state index contributed by atoms with van der Waals surface area (Å²) in [4.78, 5) is 5.43. The Labute approximate surface area is 142 Å². The van der Waals surface area contributed by atoms with E-state index in [1.807, 2.05) is 24.3 Å². The second-order valence-corrected chi connectivity index (χ2v) is 6.85. The van der Waals surface area contributed by atoms with Gasteiger partial charge < -0.3 is 15.4 Å². The molecule has 122 valence electrons. The van der Waals surface area contributed by atoms with Crippen molar-refractivity contribution in [1.82, 2.24) is 10.6 Å². The molecule has 0 saturated heterocycles. The monoisotopic (exact) mass is 341 g/mol. The van der Waals surface area contributed by atoms with Crippen molar-refractivity contribution < 1.29 is 4.74 Å². The van der Waals surface area contributed by atoms with Crippen LogP contribution in [0, 0.1) is 5.92 Å². The number of rotatable bonds is 9. The van der Waals surface area contributed by atoms with Gasteiger partial charge in [0.2, 0.25) is 0 Å². The number of hydrogen-bond donors (Lipinski definition) is 2. The minimum absolute atomic E-state index is 0.733. The lowest BCUT2D eigenvalue weighted by molar-refractivity contribution is 0.129. The van der Waals surface area contributed by atoms with E-state index in [0.29, 0.717) is 0 Å². The lowest BCUT2D eigenvalue weighted by Crippen LogP contribution is -2.39. The maximum atomic E-state index is 5.87. The predicted octanol–water partition coefficient (Wildman–Crippen LogP) is 3.02. The maximum absolute atomic E-state index is 5.87. The van der Waals surface area contributed by atoms with Gasteiger partial charge in [-0.15, -0.1) is 11.8 Å². The Bertz CT molecular complexity index is 463. The number of nitrogens with one attached hydrogen (secondary N) is 2. The number of benzene rings is 1. The van der Waals surface area contributed by atoms with E-state index in [1.54, 1.807) is 18.8 Å². The number of hydrogen-bond acceptors (Lipinski definition) is 3. The first-order valence-corrected chi connectivity index (χ1v) is 9.05. The molecule has 0 radical (unpaired) electrons. The van der Waals surface area contributed by atoms with Crippen LogP contribution in [0.15, 0.2) is 34.2 Å². The summed E-state index contributed by atoms with van der Waals surface area (Å²) in [7, 11) is 1.78. The predicted molar refractivity (Wildman–Crippen MR) is 95.1 cm³/mol. The summed E-state index contributed by atoms with van der Waals surface area (Å²) in [5.74, 6) is 2.62. The van der Waals surface area contributed by atoms with Gasteiger partial charge in [0.1, 0.15) is 0 Å². The zero-order valence-electron chi connectivity index (χ0n) is 13.0. The lowest BCUT2D eigenvalue weighted by Gasteiger charge is -2.12. The van der Waals surface area contributed by atoms with Gasteiger partial charge in [-0.1, -0.05) is 11.6 Å². The molecule has 0 aliphatic heterocycles. The van der Waals surface area contributed by atoms with Crippen molar-refractivity contribution in [2.24, 2.45) is 10.9 Å². The molecule has 2 rings (SSSR count). The van der Waals surface area contributed by atoms with Crippen LogP contribution in [0.5, 0.6) is 0 Å². The molecule has 0 heterocycles. The fraction of sp³-hybridized carbons (Fsp3) is 0.562. The summed E-state index contributed by atoms with van der Waals surface area (Å²) in [6.45, 7) is 3.29. The number of guanidine groups is 1. The fourth-order valence-corrected chi connectivity index (χ4v) is 2.76. The molecule has 1 fully saturated rings. The second kappa shape index (κ2) is 9.98. The van der Waals surface area contributed by atoms with Gasteiger partial charge in [-0.3, -0.25) is 4.99 Å². The third-order valence-corrected chi connectivity index (χ3v) is 4.56. The smallest absolute Gasteiger partial charge is 0.191 e.